The lowest BCUT2D eigenvalue weighted by Crippen LogP contribution is -2.40. The Kier molecular flexibility index (Phi) is 6.14. The first-order valence-electron chi connectivity index (χ1n) is 8.84. The molecule has 1 aliphatic heterocycles. The Morgan fingerprint density at radius 1 is 1.31 bits per heavy atom. The van der Waals surface area contributed by atoms with Crippen molar-refractivity contribution in [2.75, 3.05) is 25.1 Å². The van der Waals surface area contributed by atoms with Crippen molar-refractivity contribution in [3.63, 3.8) is 0 Å². The van der Waals surface area contributed by atoms with Gasteiger partial charge in [-0.15, -0.1) is 0 Å². The molecule has 26 heavy (non-hydrogen) atoms. The van der Waals surface area contributed by atoms with Crippen LogP contribution in [-0.4, -0.2) is 31.1 Å². The third kappa shape index (κ3) is 4.55. The summed E-state index contributed by atoms with van der Waals surface area (Å²) in [4.78, 5) is 19.2. The molecule has 6 heteroatoms. The molecule has 1 amide bonds. The van der Waals surface area contributed by atoms with Gasteiger partial charge in [0.05, 0.1) is 7.11 Å². The van der Waals surface area contributed by atoms with Crippen molar-refractivity contribution in [1.29, 1.82) is 0 Å². The second-order valence-corrected chi connectivity index (χ2v) is 7.47. The molecule has 0 unspecified atom stereocenters. The minimum absolute atomic E-state index is 0.0704. The molecule has 0 aliphatic carbocycles. The first kappa shape index (κ1) is 18.7. The van der Waals surface area contributed by atoms with Gasteiger partial charge in [0.15, 0.2) is 0 Å². The molecule has 2 heterocycles. The van der Waals surface area contributed by atoms with Crippen molar-refractivity contribution in [2.24, 2.45) is 5.92 Å². The fraction of sp³-hybridized carbons (Fsp3) is 0.400. The van der Waals surface area contributed by atoms with Gasteiger partial charge in [-0.2, -0.15) is 0 Å². The fourth-order valence-electron chi connectivity index (χ4n) is 3.15. The van der Waals surface area contributed by atoms with Gasteiger partial charge in [0.2, 0.25) is 5.91 Å². The molecular weight excluding hydrogens is 394 g/mol. The molecule has 3 rings (SSSR count). The van der Waals surface area contributed by atoms with Crippen LogP contribution in [0.5, 0.6) is 5.75 Å². The number of carbonyl (C=O) groups is 1. The summed E-state index contributed by atoms with van der Waals surface area (Å²) in [7, 11) is 1.65. The summed E-state index contributed by atoms with van der Waals surface area (Å²) in [5.41, 5.74) is 2.25. The van der Waals surface area contributed by atoms with Crippen molar-refractivity contribution < 1.29 is 9.53 Å². The number of aryl methyl sites for hydroxylation is 1. The van der Waals surface area contributed by atoms with Crippen molar-refractivity contribution in [3.05, 3.63) is 52.1 Å². The molecule has 1 fully saturated rings. The number of nitrogens with one attached hydrogen (secondary N) is 1. The van der Waals surface area contributed by atoms with Crippen LogP contribution in [-0.2, 0) is 11.3 Å². The summed E-state index contributed by atoms with van der Waals surface area (Å²) in [5.74, 6) is 2.02. The average molecular weight is 418 g/mol. The molecule has 2 aromatic rings. The number of hydrogen-bond donors (Lipinski definition) is 1. The highest BCUT2D eigenvalue weighted by molar-refractivity contribution is 9.10. The van der Waals surface area contributed by atoms with E-state index in [1.807, 2.05) is 30.5 Å². The molecular formula is C20H24BrN3O2. The lowest BCUT2D eigenvalue weighted by molar-refractivity contribution is -0.125. The number of amides is 1. The van der Waals surface area contributed by atoms with E-state index in [0.29, 0.717) is 6.54 Å². The standard InChI is InChI=1S/C20H24BrN3O2/c1-14-11-19(22-13-18(14)21)24-9-7-16(8-10-24)20(25)23-12-15-3-5-17(26-2)6-4-15/h3-6,11,13,16H,7-10,12H2,1-2H3,(H,23,25). The van der Waals surface area contributed by atoms with Crippen molar-refractivity contribution in [3.8, 4) is 5.75 Å². The molecule has 1 saturated heterocycles. The first-order chi connectivity index (χ1) is 12.6. The smallest absolute Gasteiger partial charge is 0.223 e. The Bertz CT molecular complexity index is 756. The molecule has 0 bridgehead atoms. The molecule has 0 radical (unpaired) electrons. The summed E-state index contributed by atoms with van der Waals surface area (Å²) in [6.45, 7) is 4.33. The number of ether oxygens (including phenoxy) is 1. The van der Waals surface area contributed by atoms with Gasteiger partial charge < -0.3 is 15.0 Å². The van der Waals surface area contributed by atoms with E-state index >= 15 is 0 Å². The van der Waals surface area contributed by atoms with Gasteiger partial charge >= 0.3 is 0 Å². The van der Waals surface area contributed by atoms with Gasteiger partial charge in [0.25, 0.3) is 0 Å². The normalized spacial score (nSPS) is 15.0. The van der Waals surface area contributed by atoms with E-state index in [0.717, 1.165) is 47.5 Å². The van der Waals surface area contributed by atoms with Gasteiger partial charge in [-0.25, -0.2) is 4.98 Å². The van der Waals surface area contributed by atoms with Gasteiger partial charge in [-0.1, -0.05) is 12.1 Å². The molecule has 0 saturated carbocycles. The zero-order valence-corrected chi connectivity index (χ0v) is 16.8. The largest absolute Gasteiger partial charge is 0.497 e. The average Bonchev–Trinajstić information content (AvgIpc) is 2.69. The van der Waals surface area contributed by atoms with Gasteiger partial charge in [-0.05, 0) is 65.0 Å². The van der Waals surface area contributed by atoms with E-state index in [2.05, 4.69) is 44.1 Å². The molecule has 1 aromatic heterocycles. The van der Waals surface area contributed by atoms with Crippen LogP contribution in [0.15, 0.2) is 41.0 Å². The Hall–Kier alpha value is -2.08. The van der Waals surface area contributed by atoms with Gasteiger partial charge in [-0.3, -0.25) is 4.79 Å². The molecule has 5 nitrogen and oxygen atoms in total. The summed E-state index contributed by atoms with van der Waals surface area (Å²) < 4.78 is 6.17. The highest BCUT2D eigenvalue weighted by Crippen LogP contribution is 2.25. The first-order valence-corrected chi connectivity index (χ1v) is 9.64. The highest BCUT2D eigenvalue weighted by Gasteiger charge is 2.25. The zero-order chi connectivity index (χ0) is 18.5. The molecule has 138 valence electrons. The lowest BCUT2D eigenvalue weighted by atomic mass is 9.95. The van der Waals surface area contributed by atoms with Crippen molar-refractivity contribution in [1.82, 2.24) is 10.3 Å². The number of pyridine rings is 1. The Balaban J connectivity index is 1.49. The fourth-order valence-corrected chi connectivity index (χ4v) is 3.36. The van der Waals surface area contributed by atoms with Gasteiger partial charge in [0.1, 0.15) is 11.6 Å². The Labute approximate surface area is 162 Å². The third-order valence-electron chi connectivity index (χ3n) is 4.85. The van der Waals surface area contributed by atoms with Crippen LogP contribution in [0.2, 0.25) is 0 Å². The van der Waals surface area contributed by atoms with Gasteiger partial charge in [0, 0.05) is 36.2 Å². The number of rotatable bonds is 5. The number of nitrogens with zero attached hydrogens (tertiary/aromatic N) is 2. The zero-order valence-electron chi connectivity index (χ0n) is 15.2. The van der Waals surface area contributed by atoms with Crippen LogP contribution in [0, 0.1) is 12.8 Å². The number of methoxy groups -OCH3 is 1. The van der Waals surface area contributed by atoms with Crippen LogP contribution >= 0.6 is 15.9 Å². The topological polar surface area (TPSA) is 54.5 Å². The monoisotopic (exact) mass is 417 g/mol. The highest BCUT2D eigenvalue weighted by atomic mass is 79.9. The maximum atomic E-state index is 12.5. The third-order valence-corrected chi connectivity index (χ3v) is 5.68. The molecule has 0 spiro atoms. The molecule has 0 atom stereocenters. The summed E-state index contributed by atoms with van der Waals surface area (Å²) in [5, 5.41) is 3.06. The lowest BCUT2D eigenvalue weighted by Gasteiger charge is -2.32. The quantitative estimate of drug-likeness (QED) is 0.805. The van der Waals surface area contributed by atoms with E-state index in [4.69, 9.17) is 4.74 Å². The van der Waals surface area contributed by atoms with Crippen LogP contribution in [0.4, 0.5) is 5.82 Å². The molecule has 1 N–H and O–H groups in total. The maximum absolute atomic E-state index is 12.5. The van der Waals surface area contributed by atoms with Crippen LogP contribution in [0.25, 0.3) is 0 Å². The van der Waals surface area contributed by atoms with E-state index in [9.17, 15) is 4.79 Å². The van der Waals surface area contributed by atoms with E-state index in [1.165, 1.54) is 5.56 Å². The van der Waals surface area contributed by atoms with Crippen LogP contribution in [0.3, 0.4) is 0 Å². The molecule has 1 aromatic carbocycles. The second-order valence-electron chi connectivity index (χ2n) is 6.62. The second kappa shape index (κ2) is 8.54. The van der Waals surface area contributed by atoms with Crippen LogP contribution < -0.4 is 15.0 Å². The number of halogens is 1. The van der Waals surface area contributed by atoms with E-state index < -0.39 is 0 Å². The number of carbonyl (C=O) groups excluding carboxylic acids is 1. The predicted octanol–water partition coefficient (Wildman–Crippen LogP) is 3.69. The van der Waals surface area contributed by atoms with E-state index in [1.54, 1.807) is 7.11 Å². The summed E-state index contributed by atoms with van der Waals surface area (Å²) in [6, 6.07) is 9.86. The Morgan fingerprint density at radius 2 is 2.00 bits per heavy atom. The number of hydrogen-bond acceptors (Lipinski definition) is 4. The van der Waals surface area contributed by atoms with E-state index in [-0.39, 0.29) is 11.8 Å². The SMILES string of the molecule is COc1ccc(CNC(=O)C2CCN(c3cc(C)c(Br)cn3)CC2)cc1. The number of piperidine rings is 1. The van der Waals surface area contributed by atoms with Crippen molar-refractivity contribution in [2.45, 2.75) is 26.3 Å². The molecule has 1 aliphatic rings. The number of aromatic nitrogens is 1. The van der Waals surface area contributed by atoms with Crippen LogP contribution in [0.1, 0.15) is 24.0 Å². The summed E-state index contributed by atoms with van der Waals surface area (Å²) in [6.07, 6.45) is 3.55. The number of anilines is 1. The van der Waals surface area contributed by atoms with Crippen molar-refractivity contribution >= 4 is 27.7 Å². The minimum atomic E-state index is 0.0704. The Morgan fingerprint density at radius 3 is 2.62 bits per heavy atom. The number of benzene rings is 1. The summed E-state index contributed by atoms with van der Waals surface area (Å²) >= 11 is 3.49. The minimum Gasteiger partial charge on any atom is -0.497 e. The maximum Gasteiger partial charge on any atom is 0.223 e. The predicted molar refractivity (Wildman–Crippen MR) is 106 cm³/mol.